The van der Waals surface area contributed by atoms with Gasteiger partial charge in [-0.05, 0) is 32.3 Å². The van der Waals surface area contributed by atoms with E-state index in [-0.39, 0.29) is 0 Å². The summed E-state index contributed by atoms with van der Waals surface area (Å²) in [4.78, 5) is 16.1. The number of ether oxygens (including phenoxy) is 2. The van der Waals surface area contributed by atoms with Crippen LogP contribution >= 0.6 is 23.2 Å². The highest BCUT2D eigenvalue weighted by atomic mass is 35.5. The number of hydrogen-bond acceptors (Lipinski definition) is 7. The number of piperidine rings is 1. The predicted molar refractivity (Wildman–Crippen MR) is 127 cm³/mol. The van der Waals surface area contributed by atoms with E-state index in [0.29, 0.717) is 70.9 Å². The topological polar surface area (TPSA) is 80.6 Å². The predicted octanol–water partition coefficient (Wildman–Crippen LogP) is 4.93. The minimum Gasteiger partial charge on any atom is -0.496 e. The molecule has 4 rings (SSSR count). The van der Waals surface area contributed by atoms with Crippen LogP contribution < -0.4 is 14.4 Å². The van der Waals surface area contributed by atoms with E-state index in [1.165, 1.54) is 0 Å². The summed E-state index contributed by atoms with van der Waals surface area (Å²) in [6.07, 6.45) is 3.59. The maximum atomic E-state index is 10.4. The average molecular weight is 477 g/mol. The normalized spacial score (nSPS) is 15.8. The molecule has 0 saturated carbocycles. The Kier molecular flexibility index (Phi) is 6.34. The molecular weight excluding hydrogens is 451 g/mol. The summed E-state index contributed by atoms with van der Waals surface area (Å²) in [6, 6.07) is 3.55. The van der Waals surface area contributed by atoms with Crippen molar-refractivity contribution in [2.24, 2.45) is 0 Å². The van der Waals surface area contributed by atoms with Crippen LogP contribution in [-0.4, -0.2) is 53.0 Å². The van der Waals surface area contributed by atoms with Crippen LogP contribution in [0.25, 0.3) is 22.3 Å². The Morgan fingerprint density at radius 2 is 1.78 bits per heavy atom. The molecular formula is C23H26Cl2N4O3. The number of halogens is 2. The van der Waals surface area contributed by atoms with E-state index in [1.807, 2.05) is 13.8 Å². The molecule has 0 spiro atoms. The Hall–Kier alpha value is -2.35. The number of fused-ring (bicyclic) bond motifs is 1. The number of methoxy groups -OCH3 is 2. The van der Waals surface area contributed by atoms with Gasteiger partial charge in [0.25, 0.3) is 0 Å². The van der Waals surface area contributed by atoms with Crippen LogP contribution in [0.15, 0.2) is 18.3 Å². The SMILES string of the molecule is CCc1c(OC)cc(OC)c(Cl)c1-c1nc(N2CCC(C)(O)CC2)c2cc(Cl)ncc2n1. The van der Waals surface area contributed by atoms with Gasteiger partial charge in [0.2, 0.25) is 0 Å². The fourth-order valence-electron chi connectivity index (χ4n) is 4.11. The first-order valence-electron chi connectivity index (χ1n) is 10.5. The average Bonchev–Trinajstić information content (AvgIpc) is 2.78. The van der Waals surface area contributed by atoms with Gasteiger partial charge >= 0.3 is 0 Å². The molecule has 0 unspecified atom stereocenters. The van der Waals surface area contributed by atoms with Crippen LogP contribution in [0.2, 0.25) is 10.2 Å². The zero-order valence-corrected chi connectivity index (χ0v) is 20.1. The van der Waals surface area contributed by atoms with Gasteiger partial charge in [-0.3, -0.25) is 0 Å². The number of rotatable bonds is 5. The van der Waals surface area contributed by atoms with Gasteiger partial charge in [-0.25, -0.2) is 15.0 Å². The van der Waals surface area contributed by atoms with Gasteiger partial charge in [0.05, 0.1) is 36.6 Å². The third-order valence-electron chi connectivity index (χ3n) is 5.98. The van der Waals surface area contributed by atoms with E-state index >= 15 is 0 Å². The van der Waals surface area contributed by atoms with Crippen LogP contribution in [0.4, 0.5) is 5.82 Å². The molecule has 0 amide bonds. The molecule has 0 bridgehead atoms. The third-order valence-corrected chi connectivity index (χ3v) is 6.56. The molecule has 170 valence electrons. The molecule has 1 N–H and O–H groups in total. The van der Waals surface area contributed by atoms with Crippen LogP contribution in [0.3, 0.4) is 0 Å². The zero-order chi connectivity index (χ0) is 23.0. The summed E-state index contributed by atoms with van der Waals surface area (Å²) in [7, 11) is 3.18. The largest absolute Gasteiger partial charge is 0.496 e. The first-order valence-corrected chi connectivity index (χ1v) is 11.3. The number of hydrogen-bond donors (Lipinski definition) is 1. The monoisotopic (exact) mass is 476 g/mol. The lowest BCUT2D eigenvalue weighted by molar-refractivity contribution is 0.0350. The molecule has 32 heavy (non-hydrogen) atoms. The minimum absolute atomic E-state index is 0.370. The van der Waals surface area contributed by atoms with Crippen LogP contribution in [-0.2, 0) is 6.42 Å². The summed E-state index contributed by atoms with van der Waals surface area (Å²) >= 11 is 13.0. The van der Waals surface area contributed by atoms with Gasteiger partial charge in [0, 0.05) is 35.7 Å². The maximum absolute atomic E-state index is 10.4. The molecule has 7 nitrogen and oxygen atoms in total. The summed E-state index contributed by atoms with van der Waals surface area (Å²) in [5.74, 6) is 2.36. The quantitative estimate of drug-likeness (QED) is 0.522. The van der Waals surface area contributed by atoms with E-state index < -0.39 is 5.60 Å². The smallest absolute Gasteiger partial charge is 0.164 e. The van der Waals surface area contributed by atoms with Crippen molar-refractivity contribution >= 4 is 39.9 Å². The number of aliphatic hydroxyl groups is 1. The van der Waals surface area contributed by atoms with Gasteiger partial charge in [0.15, 0.2) is 5.82 Å². The summed E-state index contributed by atoms with van der Waals surface area (Å²) in [5, 5.41) is 12.0. The second-order valence-electron chi connectivity index (χ2n) is 8.18. The van der Waals surface area contributed by atoms with Crippen molar-refractivity contribution in [2.75, 3.05) is 32.2 Å². The number of pyridine rings is 1. The Labute approximate surface area is 197 Å². The molecule has 2 aromatic heterocycles. The highest BCUT2D eigenvalue weighted by Crippen LogP contribution is 2.43. The van der Waals surface area contributed by atoms with E-state index in [4.69, 9.17) is 42.6 Å². The molecule has 1 aliphatic rings. The Bertz CT molecular complexity index is 1160. The fourth-order valence-corrected chi connectivity index (χ4v) is 4.59. The fraction of sp³-hybridized carbons (Fsp3) is 0.435. The highest BCUT2D eigenvalue weighted by molar-refractivity contribution is 6.35. The molecule has 1 aliphatic heterocycles. The van der Waals surface area contributed by atoms with Gasteiger partial charge in [-0.15, -0.1) is 0 Å². The number of anilines is 1. The Morgan fingerprint density at radius 3 is 2.41 bits per heavy atom. The molecule has 3 aromatic rings. The van der Waals surface area contributed by atoms with Crippen molar-refractivity contribution < 1.29 is 14.6 Å². The van der Waals surface area contributed by atoms with Crippen molar-refractivity contribution in [1.82, 2.24) is 15.0 Å². The van der Waals surface area contributed by atoms with E-state index in [9.17, 15) is 5.11 Å². The van der Waals surface area contributed by atoms with Gasteiger partial charge in [-0.1, -0.05) is 30.1 Å². The molecule has 1 fully saturated rings. The van der Waals surface area contributed by atoms with Gasteiger partial charge < -0.3 is 19.5 Å². The first kappa shape index (κ1) is 22.8. The van der Waals surface area contributed by atoms with Crippen molar-refractivity contribution in [3.8, 4) is 22.9 Å². The number of nitrogens with zero attached hydrogens (tertiary/aromatic N) is 4. The molecule has 1 saturated heterocycles. The van der Waals surface area contributed by atoms with Gasteiger partial charge in [0.1, 0.15) is 22.5 Å². The minimum atomic E-state index is -0.680. The highest BCUT2D eigenvalue weighted by Gasteiger charge is 2.30. The van der Waals surface area contributed by atoms with E-state index in [1.54, 1.807) is 32.5 Å². The molecule has 1 aromatic carbocycles. The Morgan fingerprint density at radius 1 is 1.09 bits per heavy atom. The first-order chi connectivity index (χ1) is 15.3. The summed E-state index contributed by atoms with van der Waals surface area (Å²) in [5.41, 5.74) is 1.55. The lowest BCUT2D eigenvalue weighted by Gasteiger charge is -2.37. The molecule has 0 radical (unpaired) electrons. The molecule has 3 heterocycles. The van der Waals surface area contributed by atoms with Crippen molar-refractivity contribution in [1.29, 1.82) is 0 Å². The Balaban J connectivity index is 1.97. The van der Waals surface area contributed by atoms with E-state index in [2.05, 4.69) is 9.88 Å². The van der Waals surface area contributed by atoms with Crippen molar-refractivity contribution in [3.05, 3.63) is 34.1 Å². The third kappa shape index (κ3) is 4.17. The second kappa shape index (κ2) is 8.89. The summed E-state index contributed by atoms with van der Waals surface area (Å²) < 4.78 is 11.1. The second-order valence-corrected chi connectivity index (χ2v) is 8.95. The number of aromatic nitrogens is 3. The zero-order valence-electron chi connectivity index (χ0n) is 18.6. The van der Waals surface area contributed by atoms with Crippen LogP contribution in [0.1, 0.15) is 32.3 Å². The van der Waals surface area contributed by atoms with Crippen molar-refractivity contribution in [2.45, 2.75) is 38.7 Å². The standard InChI is InChI=1S/C23H26Cl2N4O3/c1-5-13-16(31-3)11-17(32-4)20(25)19(13)21-27-15-12-26-18(24)10-14(15)22(28-21)29-8-6-23(2,30)7-9-29/h10-12,30H,5-9H2,1-4H3. The maximum Gasteiger partial charge on any atom is 0.164 e. The molecule has 0 aliphatic carbocycles. The lowest BCUT2D eigenvalue weighted by atomic mass is 9.94. The van der Waals surface area contributed by atoms with Crippen LogP contribution in [0, 0.1) is 0 Å². The lowest BCUT2D eigenvalue weighted by Crippen LogP contribution is -2.42. The number of benzene rings is 1. The molecule has 9 heteroatoms. The molecule has 0 atom stereocenters. The summed E-state index contributed by atoms with van der Waals surface area (Å²) in [6.45, 7) is 5.22. The van der Waals surface area contributed by atoms with Crippen LogP contribution in [0.5, 0.6) is 11.5 Å². The van der Waals surface area contributed by atoms with Crippen molar-refractivity contribution in [3.63, 3.8) is 0 Å². The van der Waals surface area contributed by atoms with Gasteiger partial charge in [-0.2, -0.15) is 0 Å². The van der Waals surface area contributed by atoms with E-state index in [0.717, 1.165) is 16.8 Å².